The fraction of sp³-hybridized carbons (Fsp3) is 0.632. The molecule has 136 valence electrons. The molecule has 0 amide bonds. The molecule has 4 nitrogen and oxygen atoms in total. The summed E-state index contributed by atoms with van der Waals surface area (Å²) in [6.07, 6.45) is 3.74. The van der Waals surface area contributed by atoms with Gasteiger partial charge in [-0.3, -0.25) is 4.90 Å². The maximum absolute atomic E-state index is 9.57. The highest BCUT2D eigenvalue weighted by Crippen LogP contribution is 2.34. The van der Waals surface area contributed by atoms with Crippen molar-refractivity contribution in [3.63, 3.8) is 0 Å². The standard InChI is InChI=1S/C19H26ClN3OS/c1-19(15-24)4-7-23(8-5-19)17-13-18(20)21-14-16(17)3-2-6-22-9-11-25-12-10-22/h13-14,24H,4-12,15H2,1H3. The Labute approximate surface area is 159 Å². The Balaban J connectivity index is 1.70. The number of aliphatic hydroxyl groups excluding tert-OH is 1. The minimum atomic E-state index is 0.0332. The molecule has 3 heterocycles. The van der Waals surface area contributed by atoms with E-state index in [0.717, 1.165) is 56.8 Å². The van der Waals surface area contributed by atoms with Gasteiger partial charge in [0.15, 0.2) is 0 Å². The molecule has 25 heavy (non-hydrogen) atoms. The van der Waals surface area contributed by atoms with Gasteiger partial charge in [0.05, 0.1) is 17.8 Å². The number of hydrogen-bond donors (Lipinski definition) is 1. The van der Waals surface area contributed by atoms with E-state index in [9.17, 15) is 5.11 Å². The van der Waals surface area contributed by atoms with E-state index < -0.39 is 0 Å². The Morgan fingerprint density at radius 3 is 2.68 bits per heavy atom. The molecule has 0 spiro atoms. The largest absolute Gasteiger partial charge is 0.396 e. The van der Waals surface area contributed by atoms with E-state index in [2.05, 4.69) is 33.5 Å². The van der Waals surface area contributed by atoms with Crippen molar-refractivity contribution in [1.82, 2.24) is 9.88 Å². The average Bonchev–Trinajstić information content (AvgIpc) is 2.64. The van der Waals surface area contributed by atoms with Crippen LogP contribution in [0.25, 0.3) is 0 Å². The minimum Gasteiger partial charge on any atom is -0.396 e. The first-order valence-electron chi connectivity index (χ1n) is 8.90. The third-order valence-corrected chi connectivity index (χ3v) is 6.32. The molecule has 1 aromatic heterocycles. The van der Waals surface area contributed by atoms with E-state index >= 15 is 0 Å². The molecule has 2 fully saturated rings. The molecular formula is C19H26ClN3OS. The lowest BCUT2D eigenvalue weighted by molar-refractivity contribution is 0.115. The van der Waals surface area contributed by atoms with Crippen molar-refractivity contribution in [3.05, 3.63) is 23.0 Å². The number of pyridine rings is 1. The Morgan fingerprint density at radius 2 is 2.00 bits per heavy atom. The van der Waals surface area contributed by atoms with Gasteiger partial charge in [0.25, 0.3) is 0 Å². The van der Waals surface area contributed by atoms with Crippen LogP contribution in [-0.2, 0) is 0 Å². The minimum absolute atomic E-state index is 0.0332. The van der Waals surface area contributed by atoms with Gasteiger partial charge in [0, 0.05) is 56.6 Å². The molecule has 1 aromatic rings. The molecule has 2 aliphatic rings. The average molecular weight is 380 g/mol. The number of nitrogens with zero attached hydrogens (tertiary/aromatic N) is 3. The van der Waals surface area contributed by atoms with E-state index in [1.165, 1.54) is 11.5 Å². The van der Waals surface area contributed by atoms with Crippen LogP contribution in [0.15, 0.2) is 12.3 Å². The topological polar surface area (TPSA) is 39.6 Å². The Hall–Kier alpha value is -0.930. The van der Waals surface area contributed by atoms with E-state index in [4.69, 9.17) is 11.6 Å². The highest BCUT2D eigenvalue weighted by molar-refractivity contribution is 7.99. The fourth-order valence-corrected chi connectivity index (χ4v) is 4.36. The lowest BCUT2D eigenvalue weighted by Gasteiger charge is -2.39. The maximum atomic E-state index is 9.57. The predicted molar refractivity (Wildman–Crippen MR) is 107 cm³/mol. The number of thioether (sulfide) groups is 1. The van der Waals surface area contributed by atoms with Crippen molar-refractivity contribution in [2.24, 2.45) is 5.41 Å². The summed E-state index contributed by atoms with van der Waals surface area (Å²) < 4.78 is 0. The van der Waals surface area contributed by atoms with Gasteiger partial charge >= 0.3 is 0 Å². The maximum Gasteiger partial charge on any atom is 0.131 e. The van der Waals surface area contributed by atoms with Crippen molar-refractivity contribution in [2.45, 2.75) is 19.8 Å². The van der Waals surface area contributed by atoms with Crippen LogP contribution in [0.4, 0.5) is 5.69 Å². The second-order valence-electron chi connectivity index (χ2n) is 7.17. The zero-order valence-corrected chi connectivity index (χ0v) is 16.4. The number of halogens is 1. The quantitative estimate of drug-likeness (QED) is 0.645. The Morgan fingerprint density at radius 1 is 1.28 bits per heavy atom. The van der Waals surface area contributed by atoms with Gasteiger partial charge < -0.3 is 10.0 Å². The number of hydrogen-bond acceptors (Lipinski definition) is 5. The van der Waals surface area contributed by atoms with Gasteiger partial charge in [-0.2, -0.15) is 11.8 Å². The first-order valence-corrected chi connectivity index (χ1v) is 10.4. The van der Waals surface area contributed by atoms with Gasteiger partial charge in [-0.15, -0.1) is 0 Å². The number of anilines is 1. The van der Waals surface area contributed by atoms with E-state index in [0.29, 0.717) is 5.15 Å². The molecule has 0 aliphatic carbocycles. The third-order valence-electron chi connectivity index (χ3n) is 5.17. The van der Waals surface area contributed by atoms with Crippen LogP contribution in [0, 0.1) is 17.3 Å². The Kier molecular flexibility index (Phi) is 6.51. The molecule has 2 saturated heterocycles. The lowest BCUT2D eigenvalue weighted by Crippen LogP contribution is -2.40. The van der Waals surface area contributed by atoms with Crippen molar-refractivity contribution in [3.8, 4) is 11.8 Å². The van der Waals surface area contributed by atoms with Crippen LogP contribution in [0.2, 0.25) is 5.15 Å². The van der Waals surface area contributed by atoms with Crippen LogP contribution in [0.5, 0.6) is 0 Å². The fourth-order valence-electron chi connectivity index (χ4n) is 3.23. The zero-order valence-electron chi connectivity index (χ0n) is 14.8. The van der Waals surface area contributed by atoms with Crippen LogP contribution in [-0.4, -0.2) is 65.8 Å². The number of rotatable bonds is 3. The summed E-state index contributed by atoms with van der Waals surface area (Å²) in [6.45, 7) is 7.28. The number of piperidine rings is 1. The molecule has 0 atom stereocenters. The summed E-state index contributed by atoms with van der Waals surface area (Å²) in [6, 6.07) is 1.92. The SMILES string of the molecule is CC1(CO)CCN(c2cc(Cl)ncc2C#CCN2CCSCC2)CC1. The second-order valence-corrected chi connectivity index (χ2v) is 8.78. The normalized spacial score (nSPS) is 20.8. The number of aromatic nitrogens is 1. The Bertz CT molecular complexity index is 644. The summed E-state index contributed by atoms with van der Waals surface area (Å²) in [7, 11) is 0. The first-order chi connectivity index (χ1) is 12.1. The monoisotopic (exact) mass is 379 g/mol. The second kappa shape index (κ2) is 8.64. The molecule has 0 unspecified atom stereocenters. The van der Waals surface area contributed by atoms with Crippen LogP contribution < -0.4 is 4.90 Å². The van der Waals surface area contributed by atoms with Crippen LogP contribution >= 0.6 is 23.4 Å². The smallest absolute Gasteiger partial charge is 0.131 e. The molecule has 2 aliphatic heterocycles. The molecule has 0 radical (unpaired) electrons. The van der Waals surface area contributed by atoms with Crippen molar-refractivity contribution in [2.75, 3.05) is 55.7 Å². The van der Waals surface area contributed by atoms with Gasteiger partial charge in [0.2, 0.25) is 0 Å². The third kappa shape index (κ3) is 5.04. The highest BCUT2D eigenvalue weighted by atomic mass is 35.5. The predicted octanol–water partition coefficient (Wildman–Crippen LogP) is 2.73. The van der Waals surface area contributed by atoms with Gasteiger partial charge in [-0.25, -0.2) is 4.98 Å². The summed E-state index contributed by atoms with van der Waals surface area (Å²) in [5.41, 5.74) is 2.05. The van der Waals surface area contributed by atoms with Crippen molar-refractivity contribution in [1.29, 1.82) is 0 Å². The van der Waals surface area contributed by atoms with Gasteiger partial charge in [-0.1, -0.05) is 30.4 Å². The zero-order chi connectivity index (χ0) is 17.7. The summed E-state index contributed by atoms with van der Waals surface area (Å²) in [4.78, 5) is 8.95. The molecular weight excluding hydrogens is 354 g/mol. The summed E-state index contributed by atoms with van der Waals surface area (Å²) >= 11 is 8.15. The molecule has 0 bridgehead atoms. The number of aliphatic hydroxyl groups is 1. The molecule has 6 heteroatoms. The molecule has 1 N–H and O–H groups in total. The van der Waals surface area contributed by atoms with E-state index in [1.807, 2.05) is 17.8 Å². The molecule has 0 saturated carbocycles. The molecule has 0 aromatic carbocycles. The van der Waals surface area contributed by atoms with Crippen LogP contribution in [0.3, 0.4) is 0 Å². The van der Waals surface area contributed by atoms with E-state index in [1.54, 1.807) is 6.20 Å². The highest BCUT2D eigenvalue weighted by Gasteiger charge is 2.30. The summed E-state index contributed by atoms with van der Waals surface area (Å²) in [5.74, 6) is 9.03. The lowest BCUT2D eigenvalue weighted by atomic mass is 9.81. The summed E-state index contributed by atoms with van der Waals surface area (Å²) in [5, 5.41) is 10.1. The molecule has 3 rings (SSSR count). The first kappa shape index (κ1) is 18.8. The van der Waals surface area contributed by atoms with Gasteiger partial charge in [0.1, 0.15) is 5.15 Å². The van der Waals surface area contributed by atoms with Crippen LogP contribution in [0.1, 0.15) is 25.3 Å². The van der Waals surface area contributed by atoms with Crippen molar-refractivity contribution >= 4 is 29.1 Å². The van der Waals surface area contributed by atoms with Crippen molar-refractivity contribution < 1.29 is 5.11 Å². The van der Waals surface area contributed by atoms with Gasteiger partial charge in [-0.05, 0) is 18.3 Å². The van der Waals surface area contributed by atoms with E-state index in [-0.39, 0.29) is 12.0 Å².